The smallest absolute Gasteiger partial charge is 0.0389 e. The van der Waals surface area contributed by atoms with Gasteiger partial charge in [-0.05, 0) is 24.8 Å². The van der Waals surface area contributed by atoms with E-state index in [0.29, 0.717) is 5.92 Å². The van der Waals surface area contributed by atoms with Crippen molar-refractivity contribution < 1.29 is 0 Å². The third-order valence-electron chi connectivity index (χ3n) is 1.25. The van der Waals surface area contributed by atoms with Gasteiger partial charge in [-0.25, -0.2) is 0 Å². The Morgan fingerprint density at radius 2 is 2.10 bits per heavy atom. The minimum absolute atomic E-state index is 0.640. The molecule has 0 bridgehead atoms. The van der Waals surface area contributed by atoms with E-state index in [4.69, 9.17) is 11.6 Å². The molecule has 0 aromatic rings. The molecule has 0 fully saturated rings. The second-order valence-corrected chi connectivity index (χ2v) is 3.25. The molecule has 10 heavy (non-hydrogen) atoms. The van der Waals surface area contributed by atoms with E-state index < -0.39 is 0 Å². The van der Waals surface area contributed by atoms with Gasteiger partial charge in [-0.2, -0.15) is 0 Å². The lowest BCUT2D eigenvalue weighted by atomic mass is 10.0. The Kier molecular flexibility index (Phi) is 4.46. The van der Waals surface area contributed by atoms with Crippen molar-refractivity contribution in [2.24, 2.45) is 5.92 Å². The van der Waals surface area contributed by atoms with Gasteiger partial charge >= 0.3 is 0 Å². The van der Waals surface area contributed by atoms with Crippen molar-refractivity contribution in [3.8, 4) is 0 Å². The third kappa shape index (κ3) is 3.73. The van der Waals surface area contributed by atoms with Gasteiger partial charge in [0.15, 0.2) is 0 Å². The molecule has 0 saturated carbocycles. The zero-order chi connectivity index (χ0) is 8.15. The molecule has 0 aromatic heterocycles. The predicted octanol–water partition coefficient (Wildman–Crippen LogP) is 3.73. The monoisotopic (exact) mass is 158 g/mol. The van der Waals surface area contributed by atoms with Gasteiger partial charge in [-0.1, -0.05) is 38.1 Å². The SMILES string of the molecule is C=C(CC(C)C)C(Cl)=CC. The fraction of sp³-hybridized carbons (Fsp3) is 0.556. The van der Waals surface area contributed by atoms with Crippen molar-refractivity contribution in [3.63, 3.8) is 0 Å². The van der Waals surface area contributed by atoms with Crippen LogP contribution in [0.4, 0.5) is 0 Å². The highest BCUT2D eigenvalue weighted by Gasteiger charge is 2.00. The maximum absolute atomic E-state index is 5.82. The van der Waals surface area contributed by atoms with Gasteiger partial charge in [0.05, 0.1) is 0 Å². The number of halogens is 1. The minimum Gasteiger partial charge on any atom is -0.0943 e. The molecule has 0 saturated heterocycles. The molecule has 0 heterocycles. The highest BCUT2D eigenvalue weighted by atomic mass is 35.5. The topological polar surface area (TPSA) is 0 Å². The largest absolute Gasteiger partial charge is 0.0943 e. The van der Waals surface area contributed by atoms with Gasteiger partial charge in [0.2, 0.25) is 0 Å². The molecular formula is C9H15Cl. The van der Waals surface area contributed by atoms with E-state index in [-0.39, 0.29) is 0 Å². The molecule has 1 heteroatoms. The molecular weight excluding hydrogens is 144 g/mol. The van der Waals surface area contributed by atoms with Crippen molar-refractivity contribution in [3.05, 3.63) is 23.3 Å². The first-order valence-electron chi connectivity index (χ1n) is 3.58. The van der Waals surface area contributed by atoms with Crippen molar-refractivity contribution >= 4 is 11.6 Å². The van der Waals surface area contributed by atoms with Crippen molar-refractivity contribution in [2.75, 3.05) is 0 Å². The van der Waals surface area contributed by atoms with Crippen LogP contribution in [-0.4, -0.2) is 0 Å². The molecule has 0 atom stereocenters. The van der Waals surface area contributed by atoms with Gasteiger partial charge < -0.3 is 0 Å². The Morgan fingerprint density at radius 1 is 1.60 bits per heavy atom. The van der Waals surface area contributed by atoms with Gasteiger partial charge in [-0.15, -0.1) is 0 Å². The lowest BCUT2D eigenvalue weighted by molar-refractivity contribution is 0.650. The van der Waals surface area contributed by atoms with E-state index in [9.17, 15) is 0 Å². The Balaban J connectivity index is 3.86. The summed E-state index contributed by atoms with van der Waals surface area (Å²) in [7, 11) is 0. The standard InChI is InChI=1S/C9H15Cl/c1-5-9(10)8(4)6-7(2)3/h5,7H,4,6H2,1-3H3. The first kappa shape index (κ1) is 9.77. The molecule has 0 N–H and O–H groups in total. The Hall–Kier alpha value is -0.230. The second kappa shape index (κ2) is 4.56. The first-order valence-corrected chi connectivity index (χ1v) is 3.95. The number of hydrogen-bond donors (Lipinski definition) is 0. The van der Waals surface area contributed by atoms with Gasteiger partial charge in [-0.3, -0.25) is 0 Å². The predicted molar refractivity (Wildman–Crippen MR) is 48.2 cm³/mol. The summed E-state index contributed by atoms with van der Waals surface area (Å²) in [5.74, 6) is 0.640. The summed E-state index contributed by atoms with van der Waals surface area (Å²) in [5, 5.41) is 0.800. The second-order valence-electron chi connectivity index (χ2n) is 2.84. The fourth-order valence-electron chi connectivity index (χ4n) is 0.794. The highest BCUT2D eigenvalue weighted by molar-refractivity contribution is 6.31. The molecule has 0 amide bonds. The fourth-order valence-corrected chi connectivity index (χ4v) is 0.872. The molecule has 0 aliphatic carbocycles. The molecule has 0 rings (SSSR count). The van der Waals surface area contributed by atoms with Crippen LogP contribution in [0.5, 0.6) is 0 Å². The van der Waals surface area contributed by atoms with Crippen LogP contribution in [0, 0.1) is 5.92 Å². The normalized spacial score (nSPS) is 12.3. The Bertz CT molecular complexity index is 143. The Labute approximate surface area is 68.6 Å². The molecule has 58 valence electrons. The molecule has 0 unspecified atom stereocenters. The molecule has 0 aliphatic rings. The number of allylic oxidation sites excluding steroid dienone is 3. The first-order chi connectivity index (χ1) is 4.57. The molecule has 0 aliphatic heterocycles. The van der Waals surface area contributed by atoms with Crippen LogP contribution in [0.2, 0.25) is 0 Å². The van der Waals surface area contributed by atoms with E-state index in [0.717, 1.165) is 17.0 Å². The zero-order valence-electron chi connectivity index (χ0n) is 6.95. The van der Waals surface area contributed by atoms with Crippen molar-refractivity contribution in [2.45, 2.75) is 27.2 Å². The summed E-state index contributed by atoms with van der Waals surface area (Å²) in [6.45, 7) is 10.1. The maximum Gasteiger partial charge on any atom is 0.0389 e. The van der Waals surface area contributed by atoms with Gasteiger partial charge in [0.25, 0.3) is 0 Å². The number of hydrogen-bond acceptors (Lipinski definition) is 0. The van der Waals surface area contributed by atoms with E-state index in [1.807, 2.05) is 13.0 Å². The van der Waals surface area contributed by atoms with Crippen LogP contribution in [0.25, 0.3) is 0 Å². The molecule has 0 radical (unpaired) electrons. The lowest BCUT2D eigenvalue weighted by Crippen LogP contribution is -1.89. The van der Waals surface area contributed by atoms with Crippen LogP contribution in [-0.2, 0) is 0 Å². The van der Waals surface area contributed by atoms with Gasteiger partial charge in [0.1, 0.15) is 0 Å². The summed E-state index contributed by atoms with van der Waals surface area (Å²) in [4.78, 5) is 0. The average molecular weight is 159 g/mol. The maximum atomic E-state index is 5.82. The summed E-state index contributed by atoms with van der Waals surface area (Å²) >= 11 is 5.82. The van der Waals surface area contributed by atoms with Crippen molar-refractivity contribution in [1.29, 1.82) is 0 Å². The summed E-state index contributed by atoms with van der Waals surface area (Å²) in [5.41, 5.74) is 1.04. The van der Waals surface area contributed by atoms with E-state index in [2.05, 4.69) is 20.4 Å². The van der Waals surface area contributed by atoms with Crippen LogP contribution >= 0.6 is 11.6 Å². The lowest BCUT2D eigenvalue weighted by Gasteiger charge is -2.05. The molecule has 0 nitrogen and oxygen atoms in total. The Morgan fingerprint density at radius 3 is 2.40 bits per heavy atom. The minimum atomic E-state index is 0.640. The summed E-state index contributed by atoms with van der Waals surface area (Å²) in [6.07, 6.45) is 2.87. The van der Waals surface area contributed by atoms with E-state index in [1.165, 1.54) is 0 Å². The van der Waals surface area contributed by atoms with Crippen LogP contribution < -0.4 is 0 Å². The van der Waals surface area contributed by atoms with Gasteiger partial charge in [0, 0.05) is 5.03 Å². The summed E-state index contributed by atoms with van der Waals surface area (Å²) < 4.78 is 0. The van der Waals surface area contributed by atoms with Crippen LogP contribution in [0.15, 0.2) is 23.3 Å². The number of rotatable bonds is 3. The molecule has 0 aromatic carbocycles. The van der Waals surface area contributed by atoms with Crippen molar-refractivity contribution in [1.82, 2.24) is 0 Å². The van der Waals surface area contributed by atoms with E-state index in [1.54, 1.807) is 0 Å². The van der Waals surface area contributed by atoms with Crippen LogP contribution in [0.1, 0.15) is 27.2 Å². The quantitative estimate of drug-likeness (QED) is 0.549. The zero-order valence-corrected chi connectivity index (χ0v) is 7.70. The van der Waals surface area contributed by atoms with E-state index >= 15 is 0 Å². The molecule has 0 spiro atoms. The van der Waals surface area contributed by atoms with Crippen LogP contribution in [0.3, 0.4) is 0 Å². The highest BCUT2D eigenvalue weighted by Crippen LogP contribution is 2.19. The average Bonchev–Trinajstić information content (AvgIpc) is 1.85. The summed E-state index contributed by atoms with van der Waals surface area (Å²) in [6, 6.07) is 0. The third-order valence-corrected chi connectivity index (χ3v) is 1.73.